The lowest BCUT2D eigenvalue weighted by molar-refractivity contribution is 0.340. The van der Waals surface area contributed by atoms with Crippen molar-refractivity contribution in [2.75, 3.05) is 108 Å². The average Bonchev–Trinajstić information content (AvgIpc) is 3.31. The van der Waals surface area contributed by atoms with Gasteiger partial charge in [-0.3, -0.25) is 0 Å². The average molecular weight is 873 g/mol. The molecule has 64 heavy (non-hydrogen) atoms. The number of hydrogen-bond acceptors (Lipinski definition) is 10. The summed E-state index contributed by atoms with van der Waals surface area (Å²) in [6.07, 6.45) is 0. The van der Waals surface area contributed by atoms with E-state index >= 15 is 0 Å². The van der Waals surface area contributed by atoms with Crippen molar-refractivity contribution in [3.63, 3.8) is 0 Å². The van der Waals surface area contributed by atoms with E-state index in [0.29, 0.717) is 26.4 Å². The Morgan fingerprint density at radius 2 is 0.453 bits per heavy atom. The summed E-state index contributed by atoms with van der Waals surface area (Å²) in [7, 11) is 0. The summed E-state index contributed by atoms with van der Waals surface area (Å²) in [5.41, 5.74) is 10.3. The van der Waals surface area contributed by atoms with Crippen LogP contribution in [-0.2, 0) is 0 Å². The van der Waals surface area contributed by atoms with Crippen LogP contribution in [0.3, 0.4) is 0 Å². The SMILES string of the molecule is CCOc1cc(N(c2ccc(N(c3ccc(N(CC)CC)c(OCC)c3)c3ccc(N(CC)CC)c(OCC)c3)cc2)c2ccc(N(CC)CC)c(OCC)c2)ccc1N(CC)CC. The highest BCUT2D eigenvalue weighted by Crippen LogP contribution is 2.46. The van der Waals surface area contributed by atoms with Crippen LogP contribution in [0.4, 0.5) is 56.9 Å². The molecule has 0 aliphatic carbocycles. The Balaban J connectivity index is 1.75. The molecule has 346 valence electrons. The van der Waals surface area contributed by atoms with Crippen LogP contribution in [0.25, 0.3) is 0 Å². The van der Waals surface area contributed by atoms with Gasteiger partial charge in [-0.2, -0.15) is 0 Å². The van der Waals surface area contributed by atoms with Crippen LogP contribution in [0.1, 0.15) is 83.1 Å². The molecule has 0 saturated carbocycles. The molecule has 5 rings (SSSR count). The zero-order chi connectivity index (χ0) is 46.2. The Labute approximate surface area is 385 Å². The third-order valence-electron chi connectivity index (χ3n) is 11.8. The van der Waals surface area contributed by atoms with E-state index in [-0.39, 0.29) is 0 Å². The lowest BCUT2D eigenvalue weighted by Crippen LogP contribution is -2.23. The number of anilines is 10. The highest BCUT2D eigenvalue weighted by molar-refractivity contribution is 5.85. The Hall–Kier alpha value is -5.90. The van der Waals surface area contributed by atoms with E-state index in [2.05, 4.69) is 182 Å². The minimum absolute atomic E-state index is 0.567. The molecule has 0 heterocycles. The molecule has 5 aromatic rings. The summed E-state index contributed by atoms with van der Waals surface area (Å²) in [6, 6.07) is 35.1. The Morgan fingerprint density at radius 1 is 0.266 bits per heavy atom. The van der Waals surface area contributed by atoms with Gasteiger partial charge in [0.15, 0.2) is 0 Å². The molecule has 0 atom stereocenters. The first-order valence-corrected chi connectivity index (χ1v) is 24.0. The topological polar surface area (TPSA) is 56.4 Å². The minimum atomic E-state index is 0.567. The molecule has 0 fully saturated rings. The minimum Gasteiger partial charge on any atom is -0.492 e. The van der Waals surface area contributed by atoms with Gasteiger partial charge < -0.3 is 48.3 Å². The van der Waals surface area contributed by atoms with Crippen molar-refractivity contribution in [2.24, 2.45) is 0 Å². The third kappa shape index (κ3) is 11.1. The number of rotatable bonds is 26. The van der Waals surface area contributed by atoms with E-state index in [1.165, 1.54) is 0 Å². The van der Waals surface area contributed by atoms with E-state index in [1.807, 2.05) is 27.7 Å². The molecule has 0 bridgehead atoms. The van der Waals surface area contributed by atoms with E-state index in [9.17, 15) is 0 Å². The van der Waals surface area contributed by atoms with Gasteiger partial charge in [0.25, 0.3) is 0 Å². The van der Waals surface area contributed by atoms with Gasteiger partial charge in [-0.25, -0.2) is 0 Å². The van der Waals surface area contributed by atoms with Crippen molar-refractivity contribution < 1.29 is 18.9 Å². The first kappa shape index (κ1) is 49.1. The Bertz CT molecular complexity index is 1900. The summed E-state index contributed by atoms with van der Waals surface area (Å²) in [4.78, 5) is 14.0. The van der Waals surface area contributed by atoms with Crippen molar-refractivity contribution in [1.29, 1.82) is 0 Å². The predicted octanol–water partition coefficient (Wildman–Crippen LogP) is 13.6. The maximum absolute atomic E-state index is 6.37. The lowest BCUT2D eigenvalue weighted by atomic mass is 10.1. The zero-order valence-corrected chi connectivity index (χ0v) is 41.0. The summed E-state index contributed by atoms with van der Waals surface area (Å²) in [6.45, 7) is 35.0. The van der Waals surface area contributed by atoms with Gasteiger partial charge >= 0.3 is 0 Å². The van der Waals surface area contributed by atoms with E-state index in [0.717, 1.165) is 132 Å². The van der Waals surface area contributed by atoms with E-state index in [1.54, 1.807) is 0 Å². The molecule has 0 saturated heterocycles. The molecule has 0 aliphatic heterocycles. The summed E-state index contributed by atoms with van der Waals surface area (Å²) < 4.78 is 25.5. The third-order valence-corrected chi connectivity index (χ3v) is 11.8. The summed E-state index contributed by atoms with van der Waals surface area (Å²) >= 11 is 0. The largest absolute Gasteiger partial charge is 0.492 e. The molecular formula is C54H76N6O4. The molecule has 0 radical (unpaired) electrons. The molecule has 0 amide bonds. The molecule has 0 N–H and O–H groups in total. The van der Waals surface area contributed by atoms with Gasteiger partial charge in [-0.05, 0) is 156 Å². The fourth-order valence-corrected chi connectivity index (χ4v) is 8.60. The summed E-state index contributed by atoms with van der Waals surface area (Å²) in [5, 5.41) is 0. The molecule has 10 heteroatoms. The Kier molecular flexibility index (Phi) is 18.6. The second-order valence-electron chi connectivity index (χ2n) is 15.2. The van der Waals surface area contributed by atoms with Crippen molar-refractivity contribution in [2.45, 2.75) is 83.1 Å². The van der Waals surface area contributed by atoms with Crippen LogP contribution in [0, 0.1) is 0 Å². The van der Waals surface area contributed by atoms with Gasteiger partial charge in [0.05, 0.1) is 49.2 Å². The standard InChI is InChI=1S/C54H76N6O4/c1-13-55(14-2)47-33-29-43(37-51(47)61-21-9)59(44-30-34-48(56(15-3)16-4)52(38-44)62-22-10)41-25-27-42(28-26-41)60(45-31-35-49(57(17-5)18-6)53(39-45)63-23-11)46-32-36-50(58(19-7)20-8)54(40-46)64-24-12/h25-40H,13-24H2,1-12H3. The van der Waals surface area contributed by atoms with Gasteiger partial charge in [0.1, 0.15) is 23.0 Å². The monoisotopic (exact) mass is 873 g/mol. The predicted molar refractivity (Wildman–Crippen MR) is 275 cm³/mol. The lowest BCUT2D eigenvalue weighted by Gasteiger charge is -2.32. The second-order valence-corrected chi connectivity index (χ2v) is 15.2. The van der Waals surface area contributed by atoms with Crippen LogP contribution in [0.5, 0.6) is 23.0 Å². The number of ether oxygens (including phenoxy) is 4. The van der Waals surface area contributed by atoms with Crippen LogP contribution in [0.2, 0.25) is 0 Å². The van der Waals surface area contributed by atoms with E-state index < -0.39 is 0 Å². The maximum atomic E-state index is 6.37. The fourth-order valence-electron chi connectivity index (χ4n) is 8.60. The van der Waals surface area contributed by atoms with Crippen LogP contribution in [0.15, 0.2) is 97.1 Å². The highest BCUT2D eigenvalue weighted by atomic mass is 16.5. The van der Waals surface area contributed by atoms with Gasteiger partial charge in [0.2, 0.25) is 0 Å². The van der Waals surface area contributed by atoms with Crippen molar-refractivity contribution >= 4 is 56.9 Å². The van der Waals surface area contributed by atoms with E-state index in [4.69, 9.17) is 18.9 Å². The molecule has 5 aromatic carbocycles. The molecule has 0 unspecified atom stereocenters. The maximum Gasteiger partial charge on any atom is 0.144 e. The number of hydrogen-bond donors (Lipinski definition) is 0. The molecule has 0 spiro atoms. The first-order chi connectivity index (χ1) is 31.2. The summed E-state index contributed by atoms with van der Waals surface area (Å²) in [5.74, 6) is 3.44. The van der Waals surface area contributed by atoms with Crippen LogP contribution in [-0.4, -0.2) is 78.8 Å². The first-order valence-electron chi connectivity index (χ1n) is 24.0. The quantitative estimate of drug-likeness (QED) is 0.0537. The van der Waals surface area contributed by atoms with Gasteiger partial charge in [0, 0.05) is 111 Å². The van der Waals surface area contributed by atoms with Gasteiger partial charge in [-0.15, -0.1) is 0 Å². The van der Waals surface area contributed by atoms with Crippen molar-refractivity contribution in [1.82, 2.24) is 0 Å². The molecule has 0 aliphatic rings. The number of nitrogens with zero attached hydrogens (tertiary/aromatic N) is 6. The zero-order valence-electron chi connectivity index (χ0n) is 41.0. The van der Waals surface area contributed by atoms with Gasteiger partial charge in [-0.1, -0.05) is 0 Å². The van der Waals surface area contributed by atoms with Crippen molar-refractivity contribution in [3.05, 3.63) is 97.1 Å². The molecule has 10 nitrogen and oxygen atoms in total. The van der Waals surface area contributed by atoms with Crippen LogP contribution >= 0.6 is 0 Å². The second kappa shape index (κ2) is 24.2. The smallest absolute Gasteiger partial charge is 0.144 e. The van der Waals surface area contributed by atoms with Crippen molar-refractivity contribution in [3.8, 4) is 23.0 Å². The Morgan fingerprint density at radius 3 is 0.625 bits per heavy atom. The molecule has 0 aromatic heterocycles. The highest BCUT2D eigenvalue weighted by Gasteiger charge is 2.23. The van der Waals surface area contributed by atoms with Crippen LogP contribution < -0.4 is 48.3 Å². The number of benzene rings is 5. The fraction of sp³-hybridized carbons (Fsp3) is 0.444. The normalized spacial score (nSPS) is 10.9. The molecular weight excluding hydrogens is 797 g/mol.